The Balaban J connectivity index is 1.46. The molecule has 0 bridgehead atoms. The van der Waals surface area contributed by atoms with Crippen molar-refractivity contribution in [3.8, 4) is 5.82 Å². The van der Waals surface area contributed by atoms with E-state index in [2.05, 4.69) is 20.7 Å². The second kappa shape index (κ2) is 8.46. The van der Waals surface area contributed by atoms with Gasteiger partial charge in [0.1, 0.15) is 0 Å². The van der Waals surface area contributed by atoms with E-state index in [1.165, 1.54) is 0 Å². The number of hydrogen-bond acceptors (Lipinski definition) is 4. The lowest BCUT2D eigenvalue weighted by Crippen LogP contribution is -2.37. The van der Waals surface area contributed by atoms with E-state index in [0.717, 1.165) is 19.3 Å². The monoisotopic (exact) mass is 356 g/mol. The fourth-order valence-corrected chi connectivity index (χ4v) is 2.73. The highest BCUT2D eigenvalue weighted by atomic mass is 16.2. The molecule has 3 rings (SSSR count). The molecule has 8 nitrogen and oxygen atoms in total. The van der Waals surface area contributed by atoms with Crippen LogP contribution in [0.2, 0.25) is 0 Å². The van der Waals surface area contributed by atoms with Crippen molar-refractivity contribution >= 4 is 17.6 Å². The van der Waals surface area contributed by atoms with E-state index in [1.807, 2.05) is 0 Å². The Labute approximate surface area is 152 Å². The van der Waals surface area contributed by atoms with Crippen LogP contribution in [-0.2, 0) is 4.79 Å². The van der Waals surface area contributed by atoms with Crippen molar-refractivity contribution in [2.75, 3.05) is 25.5 Å². The maximum atomic E-state index is 12.4. The molecule has 2 aromatic heterocycles. The number of anilines is 1. The molecule has 138 valence electrons. The van der Waals surface area contributed by atoms with Crippen LogP contribution in [0.3, 0.4) is 0 Å². The van der Waals surface area contributed by atoms with Gasteiger partial charge in [-0.15, -0.1) is 0 Å². The maximum absolute atomic E-state index is 12.4. The molecule has 0 spiro atoms. The van der Waals surface area contributed by atoms with Gasteiger partial charge in [-0.25, -0.2) is 14.5 Å². The lowest BCUT2D eigenvalue weighted by atomic mass is 9.85. The first-order chi connectivity index (χ1) is 12.6. The van der Waals surface area contributed by atoms with Gasteiger partial charge in [0.05, 0.1) is 5.69 Å². The summed E-state index contributed by atoms with van der Waals surface area (Å²) in [5, 5.41) is 9.95. The normalized spacial score (nSPS) is 13.7. The molecule has 2 N–H and O–H groups in total. The van der Waals surface area contributed by atoms with Crippen LogP contribution in [0.5, 0.6) is 0 Å². The van der Waals surface area contributed by atoms with Crippen LogP contribution in [0.15, 0.2) is 36.8 Å². The molecule has 2 aromatic rings. The summed E-state index contributed by atoms with van der Waals surface area (Å²) >= 11 is 0. The smallest absolute Gasteiger partial charge is 0.321 e. The third kappa shape index (κ3) is 4.38. The van der Waals surface area contributed by atoms with Crippen LogP contribution >= 0.6 is 0 Å². The minimum absolute atomic E-state index is 0.141. The molecule has 8 heteroatoms. The molecule has 1 fully saturated rings. The van der Waals surface area contributed by atoms with Crippen molar-refractivity contribution in [3.63, 3.8) is 0 Å². The zero-order valence-corrected chi connectivity index (χ0v) is 14.9. The Morgan fingerprint density at radius 1 is 1.31 bits per heavy atom. The largest absolute Gasteiger partial charge is 0.356 e. The van der Waals surface area contributed by atoms with Crippen molar-refractivity contribution in [3.05, 3.63) is 36.8 Å². The van der Waals surface area contributed by atoms with Crippen LogP contribution in [0, 0.1) is 5.92 Å². The van der Waals surface area contributed by atoms with Gasteiger partial charge >= 0.3 is 6.03 Å². The second-order valence-corrected chi connectivity index (χ2v) is 6.45. The summed E-state index contributed by atoms with van der Waals surface area (Å²) in [5.74, 6) is 0.900. The van der Waals surface area contributed by atoms with E-state index in [4.69, 9.17) is 0 Å². The van der Waals surface area contributed by atoms with E-state index in [1.54, 1.807) is 53.4 Å². The number of nitrogens with zero attached hydrogens (tertiary/aromatic N) is 4. The summed E-state index contributed by atoms with van der Waals surface area (Å²) < 4.78 is 1.60. The summed E-state index contributed by atoms with van der Waals surface area (Å²) in [5.41, 5.74) is 0.589. The predicted molar refractivity (Wildman–Crippen MR) is 98.0 cm³/mol. The number of carbonyl (C=O) groups excluding carboxylic acids is 2. The Bertz CT molecular complexity index is 742. The third-order valence-electron chi connectivity index (χ3n) is 4.54. The van der Waals surface area contributed by atoms with Gasteiger partial charge in [0.15, 0.2) is 5.82 Å². The highest BCUT2D eigenvalue weighted by molar-refractivity contribution is 5.90. The van der Waals surface area contributed by atoms with Crippen molar-refractivity contribution in [2.45, 2.75) is 25.7 Å². The maximum Gasteiger partial charge on any atom is 0.321 e. The molecular formula is C18H24N6O2. The fourth-order valence-electron chi connectivity index (χ4n) is 2.73. The summed E-state index contributed by atoms with van der Waals surface area (Å²) in [6.07, 6.45) is 8.94. The minimum atomic E-state index is -0.225. The lowest BCUT2D eigenvalue weighted by Gasteiger charge is -2.24. The lowest BCUT2D eigenvalue weighted by molar-refractivity contribution is -0.127. The molecule has 0 saturated heterocycles. The molecule has 26 heavy (non-hydrogen) atoms. The number of urea groups is 1. The number of hydrogen-bond donors (Lipinski definition) is 2. The highest BCUT2D eigenvalue weighted by Gasteiger charge is 2.24. The standard InChI is InChI=1S/C18H24N6O2/c1-23(12-4-10-20-17(25)14-6-2-7-14)18(26)22-15-8-3-9-19-16(15)24-13-5-11-21-24/h3,5,8-9,11,13-14H,2,4,6-7,10,12H2,1H3,(H,20,25)(H,22,26). The number of rotatable bonds is 7. The van der Waals surface area contributed by atoms with Crippen molar-refractivity contribution in [1.29, 1.82) is 0 Å². The Morgan fingerprint density at radius 3 is 2.85 bits per heavy atom. The molecule has 0 atom stereocenters. The molecule has 0 unspecified atom stereocenters. The third-order valence-corrected chi connectivity index (χ3v) is 4.54. The molecule has 2 heterocycles. The topological polar surface area (TPSA) is 92.2 Å². The fraction of sp³-hybridized carbons (Fsp3) is 0.444. The molecule has 1 aliphatic rings. The van der Waals surface area contributed by atoms with Gasteiger partial charge in [-0.1, -0.05) is 6.42 Å². The zero-order valence-electron chi connectivity index (χ0n) is 14.9. The number of carbonyl (C=O) groups is 2. The van der Waals surface area contributed by atoms with Gasteiger partial charge in [0.25, 0.3) is 0 Å². The highest BCUT2D eigenvalue weighted by Crippen LogP contribution is 2.26. The first kappa shape index (κ1) is 17.9. The van der Waals surface area contributed by atoms with Crippen LogP contribution < -0.4 is 10.6 Å². The molecular weight excluding hydrogens is 332 g/mol. The zero-order chi connectivity index (χ0) is 18.4. The van der Waals surface area contributed by atoms with Crippen LogP contribution in [0.25, 0.3) is 5.82 Å². The average Bonchev–Trinajstić information content (AvgIpc) is 3.11. The number of amides is 3. The average molecular weight is 356 g/mol. The van der Waals surface area contributed by atoms with E-state index in [-0.39, 0.29) is 17.9 Å². The van der Waals surface area contributed by atoms with Gasteiger partial charge in [0, 0.05) is 44.6 Å². The van der Waals surface area contributed by atoms with E-state index in [9.17, 15) is 9.59 Å². The first-order valence-corrected chi connectivity index (χ1v) is 8.90. The van der Waals surface area contributed by atoms with Gasteiger partial charge in [-0.05, 0) is 37.5 Å². The van der Waals surface area contributed by atoms with E-state index >= 15 is 0 Å². The summed E-state index contributed by atoms with van der Waals surface area (Å²) in [7, 11) is 1.73. The minimum Gasteiger partial charge on any atom is -0.356 e. The molecule has 0 radical (unpaired) electrons. The Kier molecular flexibility index (Phi) is 5.83. The Hall–Kier alpha value is -2.90. The van der Waals surface area contributed by atoms with Crippen molar-refractivity contribution in [1.82, 2.24) is 25.0 Å². The summed E-state index contributed by atoms with van der Waals surface area (Å²) in [6.45, 7) is 1.13. The van der Waals surface area contributed by atoms with Crippen LogP contribution in [0.1, 0.15) is 25.7 Å². The van der Waals surface area contributed by atoms with Gasteiger partial charge < -0.3 is 15.5 Å². The summed E-state index contributed by atoms with van der Waals surface area (Å²) in [4.78, 5) is 30.0. The molecule has 0 aliphatic heterocycles. The van der Waals surface area contributed by atoms with Crippen LogP contribution in [-0.4, -0.2) is 51.7 Å². The van der Waals surface area contributed by atoms with Crippen LogP contribution in [0.4, 0.5) is 10.5 Å². The Morgan fingerprint density at radius 2 is 2.15 bits per heavy atom. The van der Waals surface area contributed by atoms with E-state index < -0.39 is 0 Å². The number of aromatic nitrogens is 3. The van der Waals surface area contributed by atoms with Crippen molar-refractivity contribution in [2.24, 2.45) is 5.92 Å². The van der Waals surface area contributed by atoms with Crippen molar-refractivity contribution < 1.29 is 9.59 Å². The first-order valence-electron chi connectivity index (χ1n) is 8.90. The van der Waals surface area contributed by atoms with Gasteiger partial charge in [-0.2, -0.15) is 5.10 Å². The molecule has 1 saturated carbocycles. The van der Waals surface area contributed by atoms with E-state index in [0.29, 0.717) is 31.0 Å². The molecule has 0 aromatic carbocycles. The quantitative estimate of drug-likeness (QED) is 0.743. The molecule has 1 aliphatic carbocycles. The van der Waals surface area contributed by atoms with Gasteiger partial charge in [-0.3, -0.25) is 4.79 Å². The van der Waals surface area contributed by atoms with Gasteiger partial charge in [0.2, 0.25) is 5.91 Å². The SMILES string of the molecule is CN(CCCNC(=O)C1CCC1)C(=O)Nc1cccnc1-n1cccn1. The second-order valence-electron chi connectivity index (χ2n) is 6.45. The predicted octanol–water partition coefficient (Wildman–Crippen LogP) is 2.04. The summed E-state index contributed by atoms with van der Waals surface area (Å²) in [6, 6.07) is 5.12. The molecule has 3 amide bonds. The number of nitrogens with one attached hydrogen (secondary N) is 2. The number of pyridine rings is 1.